The third-order valence-corrected chi connectivity index (χ3v) is 2.10. The fraction of sp³-hybridized carbons (Fsp3) is 0.444. The van der Waals surface area contributed by atoms with Crippen molar-refractivity contribution < 1.29 is 9.53 Å². The van der Waals surface area contributed by atoms with Crippen LogP contribution in [0.25, 0.3) is 0 Å². The molecule has 0 atom stereocenters. The van der Waals surface area contributed by atoms with Gasteiger partial charge in [0, 0.05) is 11.3 Å². The van der Waals surface area contributed by atoms with E-state index in [-0.39, 0.29) is 5.97 Å². The molecule has 0 amide bonds. The normalized spacial score (nSPS) is 15.1. The molecule has 1 aliphatic heterocycles. The molecule has 0 saturated heterocycles. The zero-order chi connectivity index (χ0) is 9.42. The average molecular weight is 178 g/mol. The predicted molar refractivity (Wildman–Crippen MR) is 45.0 cm³/mol. The molecule has 13 heavy (non-hydrogen) atoms. The number of esters is 1. The summed E-state index contributed by atoms with van der Waals surface area (Å²) >= 11 is 0. The van der Waals surface area contributed by atoms with E-state index in [9.17, 15) is 4.79 Å². The van der Waals surface area contributed by atoms with E-state index in [1.54, 1.807) is 0 Å². The van der Waals surface area contributed by atoms with E-state index < -0.39 is 0 Å². The highest BCUT2D eigenvalue weighted by atomic mass is 16.5. The van der Waals surface area contributed by atoms with Crippen molar-refractivity contribution in [1.82, 2.24) is 9.97 Å². The second-order valence-corrected chi connectivity index (χ2v) is 3.12. The lowest BCUT2D eigenvalue weighted by Crippen LogP contribution is -2.20. The Bertz CT molecular complexity index is 374. The van der Waals surface area contributed by atoms with E-state index in [0.717, 1.165) is 22.8 Å². The Morgan fingerprint density at radius 2 is 2.08 bits per heavy atom. The van der Waals surface area contributed by atoms with Crippen molar-refractivity contribution in [3.05, 3.63) is 22.8 Å². The minimum atomic E-state index is -0.192. The quantitative estimate of drug-likeness (QED) is 0.548. The van der Waals surface area contributed by atoms with E-state index in [0.29, 0.717) is 13.0 Å². The fourth-order valence-corrected chi connectivity index (χ4v) is 1.50. The van der Waals surface area contributed by atoms with Crippen LogP contribution >= 0.6 is 0 Å². The van der Waals surface area contributed by atoms with Crippen molar-refractivity contribution in [3.63, 3.8) is 0 Å². The molecule has 0 aliphatic carbocycles. The summed E-state index contributed by atoms with van der Waals surface area (Å²) in [4.78, 5) is 19.4. The molecule has 0 unspecified atom stereocenters. The first-order valence-electron chi connectivity index (χ1n) is 4.15. The second-order valence-electron chi connectivity index (χ2n) is 3.12. The van der Waals surface area contributed by atoms with Crippen LogP contribution in [0.5, 0.6) is 0 Å². The summed E-state index contributed by atoms with van der Waals surface area (Å²) in [5.74, 6) is 0.539. The Labute approximate surface area is 76.0 Å². The summed E-state index contributed by atoms with van der Waals surface area (Å²) in [5.41, 5.74) is 2.67. The van der Waals surface area contributed by atoms with Gasteiger partial charge in [0.05, 0.1) is 12.1 Å². The molecule has 0 aromatic carbocycles. The van der Waals surface area contributed by atoms with Crippen LogP contribution in [-0.4, -0.2) is 15.9 Å². The maximum absolute atomic E-state index is 11.0. The number of aryl methyl sites for hydroxylation is 2. The number of ether oxygens (including phenoxy) is 1. The van der Waals surface area contributed by atoms with Crippen molar-refractivity contribution >= 4 is 5.97 Å². The maximum Gasteiger partial charge on any atom is 0.310 e. The number of carbonyl (C=O) groups excluding carboxylic acids is 1. The minimum Gasteiger partial charge on any atom is -0.459 e. The van der Waals surface area contributed by atoms with Gasteiger partial charge < -0.3 is 4.74 Å². The summed E-state index contributed by atoms with van der Waals surface area (Å²) in [7, 11) is 0. The number of hydrogen-bond donors (Lipinski definition) is 0. The zero-order valence-electron chi connectivity index (χ0n) is 7.63. The monoisotopic (exact) mass is 178 g/mol. The van der Waals surface area contributed by atoms with Gasteiger partial charge in [-0.2, -0.15) is 0 Å². The van der Waals surface area contributed by atoms with E-state index in [2.05, 4.69) is 9.97 Å². The Hall–Kier alpha value is -1.45. The average Bonchev–Trinajstić information content (AvgIpc) is 2.06. The Morgan fingerprint density at radius 3 is 2.85 bits per heavy atom. The molecule has 68 valence electrons. The molecule has 0 fully saturated rings. The number of hydrogen-bond acceptors (Lipinski definition) is 4. The first-order valence-corrected chi connectivity index (χ1v) is 4.15. The molecule has 2 rings (SSSR count). The molecule has 0 saturated carbocycles. The smallest absolute Gasteiger partial charge is 0.310 e. The van der Waals surface area contributed by atoms with Crippen molar-refractivity contribution in [2.75, 3.05) is 0 Å². The number of carbonyl (C=O) groups is 1. The van der Waals surface area contributed by atoms with Gasteiger partial charge in [-0.25, -0.2) is 9.97 Å². The molecule has 0 bridgehead atoms. The van der Waals surface area contributed by atoms with Crippen molar-refractivity contribution in [3.8, 4) is 0 Å². The Balaban J connectivity index is 2.53. The van der Waals surface area contributed by atoms with Gasteiger partial charge in [-0.3, -0.25) is 4.79 Å². The van der Waals surface area contributed by atoms with Crippen LogP contribution in [0.3, 0.4) is 0 Å². The van der Waals surface area contributed by atoms with Gasteiger partial charge in [-0.05, 0) is 13.8 Å². The SMILES string of the molecule is Cc1nc(C)c2c(n1)COC(=O)C2. The fourth-order valence-electron chi connectivity index (χ4n) is 1.50. The zero-order valence-corrected chi connectivity index (χ0v) is 7.63. The molecular formula is C9H10N2O2. The summed E-state index contributed by atoms with van der Waals surface area (Å²) < 4.78 is 4.89. The van der Waals surface area contributed by atoms with Crippen LogP contribution in [0.2, 0.25) is 0 Å². The van der Waals surface area contributed by atoms with Crippen LogP contribution in [0.1, 0.15) is 22.8 Å². The maximum atomic E-state index is 11.0. The lowest BCUT2D eigenvalue weighted by atomic mass is 10.1. The molecule has 4 heteroatoms. The number of cyclic esters (lactones) is 1. The molecule has 1 aliphatic rings. The van der Waals surface area contributed by atoms with Crippen LogP contribution in [0.15, 0.2) is 0 Å². The van der Waals surface area contributed by atoms with E-state index in [1.807, 2.05) is 13.8 Å². The third kappa shape index (κ3) is 1.39. The van der Waals surface area contributed by atoms with Crippen LogP contribution in [0, 0.1) is 13.8 Å². The van der Waals surface area contributed by atoms with Gasteiger partial charge in [0.1, 0.15) is 12.4 Å². The van der Waals surface area contributed by atoms with Gasteiger partial charge in [-0.15, -0.1) is 0 Å². The first-order chi connectivity index (χ1) is 6.16. The lowest BCUT2D eigenvalue weighted by molar-refractivity contribution is -0.145. The van der Waals surface area contributed by atoms with Gasteiger partial charge in [0.2, 0.25) is 0 Å². The van der Waals surface area contributed by atoms with Gasteiger partial charge >= 0.3 is 5.97 Å². The number of aromatic nitrogens is 2. The van der Waals surface area contributed by atoms with Crippen LogP contribution in [0.4, 0.5) is 0 Å². The highest BCUT2D eigenvalue weighted by molar-refractivity contribution is 5.74. The molecule has 1 aromatic heterocycles. The minimum absolute atomic E-state index is 0.192. The second kappa shape index (κ2) is 2.80. The highest BCUT2D eigenvalue weighted by Gasteiger charge is 2.20. The first kappa shape index (κ1) is 8.16. The van der Waals surface area contributed by atoms with E-state index >= 15 is 0 Å². The standard InChI is InChI=1S/C9H10N2O2/c1-5-7-3-9(12)13-4-8(7)11-6(2)10-5/h3-4H2,1-2H3. The lowest BCUT2D eigenvalue weighted by Gasteiger charge is -2.16. The molecule has 0 spiro atoms. The van der Waals surface area contributed by atoms with E-state index in [4.69, 9.17) is 4.74 Å². The number of rotatable bonds is 0. The molecule has 2 heterocycles. The largest absolute Gasteiger partial charge is 0.459 e. The van der Waals surface area contributed by atoms with Gasteiger partial charge in [0.25, 0.3) is 0 Å². The highest BCUT2D eigenvalue weighted by Crippen LogP contribution is 2.17. The van der Waals surface area contributed by atoms with Crippen LogP contribution < -0.4 is 0 Å². The number of nitrogens with zero attached hydrogens (tertiary/aromatic N) is 2. The molecule has 0 radical (unpaired) electrons. The van der Waals surface area contributed by atoms with E-state index in [1.165, 1.54) is 0 Å². The Morgan fingerprint density at radius 1 is 1.31 bits per heavy atom. The summed E-state index contributed by atoms with van der Waals surface area (Å²) in [6.45, 7) is 4.02. The van der Waals surface area contributed by atoms with Crippen molar-refractivity contribution in [2.24, 2.45) is 0 Å². The molecule has 1 aromatic rings. The molecule has 0 N–H and O–H groups in total. The summed E-state index contributed by atoms with van der Waals surface area (Å²) in [5, 5.41) is 0. The van der Waals surface area contributed by atoms with Crippen LogP contribution in [-0.2, 0) is 22.6 Å². The summed E-state index contributed by atoms with van der Waals surface area (Å²) in [6, 6.07) is 0. The Kier molecular flexibility index (Phi) is 1.76. The summed E-state index contributed by atoms with van der Waals surface area (Å²) in [6.07, 6.45) is 0.307. The van der Waals surface area contributed by atoms with Gasteiger partial charge in [0.15, 0.2) is 0 Å². The molecule has 4 nitrogen and oxygen atoms in total. The topological polar surface area (TPSA) is 52.1 Å². The predicted octanol–water partition coefficient (Wildman–Crippen LogP) is 0.693. The van der Waals surface area contributed by atoms with Gasteiger partial charge in [-0.1, -0.05) is 0 Å². The number of fused-ring (bicyclic) bond motifs is 1. The van der Waals surface area contributed by atoms with Crippen molar-refractivity contribution in [2.45, 2.75) is 26.9 Å². The molecular weight excluding hydrogens is 168 g/mol. The van der Waals surface area contributed by atoms with Crippen molar-refractivity contribution in [1.29, 1.82) is 0 Å². The third-order valence-electron chi connectivity index (χ3n) is 2.10.